The van der Waals surface area contributed by atoms with E-state index in [-0.39, 0.29) is 11.5 Å². The van der Waals surface area contributed by atoms with Gasteiger partial charge >= 0.3 is 0 Å². The Bertz CT molecular complexity index is 1690. The molecule has 2 aromatic heterocycles. The molecule has 37 heavy (non-hydrogen) atoms. The van der Waals surface area contributed by atoms with Crippen LogP contribution < -0.4 is 0 Å². The minimum atomic E-state index is -2.65. The van der Waals surface area contributed by atoms with Crippen LogP contribution in [0.3, 0.4) is 0 Å². The van der Waals surface area contributed by atoms with Gasteiger partial charge in [0, 0.05) is 41.4 Å². The molecule has 4 aromatic rings. The molecule has 0 spiro atoms. The first kappa shape index (κ1) is 24.6. The van der Waals surface area contributed by atoms with Gasteiger partial charge in [-0.1, -0.05) is 12.1 Å². The summed E-state index contributed by atoms with van der Waals surface area (Å²) in [7, 11) is -2.65. The molecule has 1 atom stereocenters. The average Bonchev–Trinajstić information content (AvgIpc) is 3.30. The molecule has 0 amide bonds. The Morgan fingerprint density at radius 1 is 1.00 bits per heavy atom. The number of hydrogen-bond acceptors (Lipinski definition) is 7. The third kappa shape index (κ3) is 4.83. The lowest BCUT2D eigenvalue weighted by Gasteiger charge is -2.22. The Kier molecular flexibility index (Phi) is 6.72. The predicted octanol–water partition coefficient (Wildman–Crippen LogP) is 4.02. The summed E-state index contributed by atoms with van der Waals surface area (Å²) in [6.45, 7) is 2.05. The van der Waals surface area contributed by atoms with Crippen LogP contribution in [-0.4, -0.2) is 51.8 Å². The number of halogens is 2. The summed E-state index contributed by atoms with van der Waals surface area (Å²) in [6, 6.07) is 10.5. The average molecular weight is 522 g/mol. The maximum atomic E-state index is 13.9. The normalized spacial score (nSPS) is 15.3. The highest BCUT2D eigenvalue weighted by Crippen LogP contribution is 2.42. The van der Waals surface area contributed by atoms with E-state index >= 15 is 0 Å². The number of rotatable bonds is 6. The van der Waals surface area contributed by atoms with Crippen molar-refractivity contribution in [2.75, 3.05) is 6.61 Å². The molecule has 0 fully saturated rings. The number of aromatic nitrogens is 3. The Morgan fingerprint density at radius 2 is 1.65 bits per heavy atom. The van der Waals surface area contributed by atoms with Gasteiger partial charge in [-0.3, -0.25) is 9.67 Å². The standard InChI is InChI=1S/C26H21F2N5O3S/c1-15-29-13-21(37(35)36)25(30-15)23-22(16-3-7-18(27)8-4-16)20-14-33(11-2-12-34)32-26(20)31-24(23)17-5-9-19(28)10-6-17/h3-10,13-14,25,34H,2,11-12H2,1H3. The fourth-order valence-electron chi connectivity index (χ4n) is 4.32. The molecule has 0 saturated heterocycles. The number of aliphatic hydroxyl groups excluding tert-OH is 1. The topological polar surface area (TPSA) is 110 Å². The first-order valence-electron chi connectivity index (χ1n) is 11.4. The van der Waals surface area contributed by atoms with Crippen LogP contribution in [0.15, 0.2) is 64.7 Å². The number of aliphatic hydroxyl groups is 1. The molecule has 11 heteroatoms. The second-order valence-corrected chi connectivity index (χ2v) is 9.38. The van der Waals surface area contributed by atoms with Crippen molar-refractivity contribution in [3.8, 4) is 22.4 Å². The predicted molar refractivity (Wildman–Crippen MR) is 138 cm³/mol. The highest BCUT2D eigenvalue weighted by Gasteiger charge is 2.31. The van der Waals surface area contributed by atoms with Crippen LogP contribution in [0.25, 0.3) is 33.4 Å². The van der Waals surface area contributed by atoms with Gasteiger partial charge in [0.05, 0.1) is 11.9 Å². The molecule has 1 aliphatic heterocycles. The number of pyridine rings is 1. The van der Waals surface area contributed by atoms with Crippen molar-refractivity contribution in [3.63, 3.8) is 0 Å². The lowest BCUT2D eigenvalue weighted by Crippen LogP contribution is -2.21. The second kappa shape index (κ2) is 10.1. The first-order valence-corrected chi connectivity index (χ1v) is 12.5. The van der Waals surface area contributed by atoms with Crippen LogP contribution in [0, 0.1) is 11.6 Å². The summed E-state index contributed by atoms with van der Waals surface area (Å²) in [6.07, 6.45) is 3.48. The van der Waals surface area contributed by atoms with Gasteiger partial charge in [0.2, 0.25) is 10.3 Å². The fourth-order valence-corrected chi connectivity index (χ4v) is 4.81. The van der Waals surface area contributed by atoms with Crippen molar-refractivity contribution >= 4 is 38.2 Å². The maximum Gasteiger partial charge on any atom is 0.221 e. The summed E-state index contributed by atoms with van der Waals surface area (Å²) in [5.41, 5.74) is 2.85. The number of nitrogens with zero attached hydrogens (tertiary/aromatic N) is 5. The molecule has 5 rings (SSSR count). The summed E-state index contributed by atoms with van der Waals surface area (Å²) in [4.78, 5) is 13.4. The number of amidine groups is 1. The Balaban J connectivity index is 1.93. The smallest absolute Gasteiger partial charge is 0.221 e. The molecule has 0 radical (unpaired) electrons. The Hall–Kier alpha value is -4.09. The number of aliphatic imine (C=N–C) groups is 2. The van der Waals surface area contributed by atoms with Crippen molar-refractivity contribution in [2.45, 2.75) is 25.9 Å². The van der Waals surface area contributed by atoms with Crippen molar-refractivity contribution < 1.29 is 22.3 Å². The molecule has 2 aromatic carbocycles. The Labute approximate surface area is 212 Å². The van der Waals surface area contributed by atoms with Gasteiger partial charge in [0.15, 0.2) is 5.65 Å². The molecule has 1 unspecified atom stereocenters. The van der Waals surface area contributed by atoms with Crippen LogP contribution in [0.2, 0.25) is 0 Å². The number of benzene rings is 2. The second-order valence-electron chi connectivity index (χ2n) is 8.44. The zero-order chi connectivity index (χ0) is 26.1. The lowest BCUT2D eigenvalue weighted by molar-refractivity contribution is 0.277. The summed E-state index contributed by atoms with van der Waals surface area (Å²) in [5, 5.41) is 14.4. The van der Waals surface area contributed by atoms with Crippen molar-refractivity contribution in [1.29, 1.82) is 0 Å². The quantitative estimate of drug-likeness (QED) is 0.386. The minimum Gasteiger partial charge on any atom is -0.396 e. The molecule has 1 aliphatic rings. The minimum absolute atomic E-state index is 0.0242. The first-order chi connectivity index (χ1) is 17.9. The highest BCUT2D eigenvalue weighted by molar-refractivity contribution is 7.74. The van der Waals surface area contributed by atoms with Gasteiger partial charge in [-0.2, -0.15) is 13.5 Å². The van der Waals surface area contributed by atoms with Crippen LogP contribution >= 0.6 is 0 Å². The van der Waals surface area contributed by atoms with E-state index in [2.05, 4.69) is 15.1 Å². The summed E-state index contributed by atoms with van der Waals surface area (Å²) >= 11 is 0. The van der Waals surface area contributed by atoms with E-state index < -0.39 is 28.0 Å². The molecule has 1 N–H and O–H groups in total. The Morgan fingerprint density at radius 3 is 2.27 bits per heavy atom. The van der Waals surface area contributed by atoms with Crippen LogP contribution in [0.1, 0.15) is 24.9 Å². The van der Waals surface area contributed by atoms with E-state index in [0.29, 0.717) is 57.8 Å². The summed E-state index contributed by atoms with van der Waals surface area (Å²) in [5.74, 6) is -0.502. The molecule has 188 valence electrons. The van der Waals surface area contributed by atoms with E-state index in [9.17, 15) is 22.3 Å². The van der Waals surface area contributed by atoms with Crippen LogP contribution in [0.5, 0.6) is 0 Å². The van der Waals surface area contributed by atoms with Gasteiger partial charge in [0.25, 0.3) is 0 Å². The van der Waals surface area contributed by atoms with E-state index in [1.165, 1.54) is 30.5 Å². The maximum absolute atomic E-state index is 13.9. The van der Waals surface area contributed by atoms with Crippen LogP contribution in [0.4, 0.5) is 8.78 Å². The molecule has 0 aliphatic carbocycles. The molecular formula is C26H21F2N5O3S. The third-order valence-electron chi connectivity index (χ3n) is 5.98. The molecule has 0 saturated carbocycles. The molecule has 0 bridgehead atoms. The monoisotopic (exact) mass is 521 g/mol. The third-order valence-corrected chi connectivity index (χ3v) is 6.69. The van der Waals surface area contributed by atoms with Crippen molar-refractivity contribution in [3.05, 3.63) is 71.9 Å². The molecular weight excluding hydrogens is 500 g/mol. The molecule has 8 nitrogen and oxygen atoms in total. The zero-order valence-corrected chi connectivity index (χ0v) is 20.5. The highest BCUT2D eigenvalue weighted by atomic mass is 32.2. The van der Waals surface area contributed by atoms with E-state index in [1.807, 2.05) is 0 Å². The van der Waals surface area contributed by atoms with Gasteiger partial charge in [-0.05, 0) is 55.3 Å². The largest absolute Gasteiger partial charge is 0.396 e. The van der Waals surface area contributed by atoms with Crippen molar-refractivity contribution in [2.24, 2.45) is 9.98 Å². The fraction of sp³-hybridized carbons (Fsp3) is 0.192. The van der Waals surface area contributed by atoms with E-state index in [0.717, 1.165) is 0 Å². The van der Waals surface area contributed by atoms with E-state index in [1.54, 1.807) is 42.1 Å². The molecule has 3 heterocycles. The van der Waals surface area contributed by atoms with Gasteiger partial charge < -0.3 is 5.11 Å². The van der Waals surface area contributed by atoms with Gasteiger partial charge in [-0.15, -0.1) is 0 Å². The number of fused-ring (bicyclic) bond motifs is 1. The number of hydrogen-bond donors (Lipinski definition) is 1. The van der Waals surface area contributed by atoms with Crippen molar-refractivity contribution in [1.82, 2.24) is 14.8 Å². The zero-order valence-electron chi connectivity index (χ0n) is 19.6. The van der Waals surface area contributed by atoms with Gasteiger partial charge in [0.1, 0.15) is 28.4 Å². The van der Waals surface area contributed by atoms with Crippen LogP contribution in [-0.2, 0) is 16.8 Å². The van der Waals surface area contributed by atoms with E-state index in [4.69, 9.17) is 4.98 Å². The lowest BCUT2D eigenvalue weighted by atomic mass is 9.88. The van der Waals surface area contributed by atoms with Gasteiger partial charge in [-0.25, -0.2) is 18.8 Å². The SMILES string of the molecule is CC1=NC(c2c(-c3ccc(F)cc3)nc3nn(CCCO)cc3c2-c2ccc(F)cc2)C(=S(=O)=O)C=N1. The summed E-state index contributed by atoms with van der Waals surface area (Å²) < 4.78 is 53.9. The number of aryl methyl sites for hydroxylation is 1.